The lowest BCUT2D eigenvalue weighted by atomic mass is 10.3. The number of nitrogens with zero attached hydrogens (tertiary/aromatic N) is 4. The second kappa shape index (κ2) is 6.17. The van der Waals surface area contributed by atoms with Crippen LogP contribution in [-0.4, -0.2) is 26.1 Å². The molecule has 2 aromatic heterocycles. The Bertz CT molecular complexity index is 534. The van der Waals surface area contributed by atoms with Gasteiger partial charge < -0.3 is 15.2 Å². The van der Waals surface area contributed by atoms with E-state index in [4.69, 9.17) is 0 Å². The molecule has 0 aliphatic heterocycles. The molecule has 0 saturated carbocycles. The summed E-state index contributed by atoms with van der Waals surface area (Å²) in [4.78, 5) is 12.8. The zero-order valence-corrected chi connectivity index (χ0v) is 11.6. The third-order valence-corrected chi connectivity index (χ3v) is 2.96. The second-order valence-corrected chi connectivity index (χ2v) is 4.43. The van der Waals surface area contributed by atoms with Crippen molar-refractivity contribution in [3.05, 3.63) is 30.1 Å². The number of imidazole rings is 1. The van der Waals surface area contributed by atoms with Crippen molar-refractivity contribution in [2.24, 2.45) is 7.05 Å². The molecule has 2 aromatic rings. The molecule has 102 valence electrons. The number of anilines is 2. The van der Waals surface area contributed by atoms with Gasteiger partial charge in [0.1, 0.15) is 23.8 Å². The minimum Gasteiger partial charge on any atom is -0.370 e. The van der Waals surface area contributed by atoms with Gasteiger partial charge in [-0.15, -0.1) is 0 Å². The van der Waals surface area contributed by atoms with E-state index in [2.05, 4.69) is 32.5 Å². The van der Waals surface area contributed by atoms with Gasteiger partial charge >= 0.3 is 0 Å². The van der Waals surface area contributed by atoms with E-state index >= 15 is 0 Å². The smallest absolute Gasteiger partial charge is 0.134 e. The van der Waals surface area contributed by atoms with E-state index in [0.717, 1.165) is 36.0 Å². The molecule has 0 saturated heterocycles. The quantitative estimate of drug-likeness (QED) is 0.831. The van der Waals surface area contributed by atoms with Crippen molar-refractivity contribution in [3.63, 3.8) is 0 Å². The molecule has 6 heteroatoms. The number of nitrogens with one attached hydrogen (secondary N) is 2. The Labute approximate surface area is 113 Å². The third kappa shape index (κ3) is 3.21. The van der Waals surface area contributed by atoms with Gasteiger partial charge in [0.2, 0.25) is 0 Å². The largest absolute Gasteiger partial charge is 0.370 e. The van der Waals surface area contributed by atoms with E-state index in [-0.39, 0.29) is 0 Å². The highest BCUT2D eigenvalue weighted by atomic mass is 15.1. The lowest BCUT2D eigenvalue weighted by Gasteiger charge is -2.12. The Kier molecular flexibility index (Phi) is 4.33. The van der Waals surface area contributed by atoms with Gasteiger partial charge in [0.25, 0.3) is 0 Å². The molecule has 0 fully saturated rings. The summed E-state index contributed by atoms with van der Waals surface area (Å²) >= 11 is 0. The van der Waals surface area contributed by atoms with Crippen LogP contribution in [0.3, 0.4) is 0 Å². The molecule has 0 unspecified atom stereocenters. The molecule has 0 radical (unpaired) electrons. The van der Waals surface area contributed by atoms with Crippen molar-refractivity contribution in [1.82, 2.24) is 19.5 Å². The molecule has 0 spiro atoms. The van der Waals surface area contributed by atoms with Crippen molar-refractivity contribution in [2.45, 2.75) is 26.8 Å². The van der Waals surface area contributed by atoms with Gasteiger partial charge in [0, 0.05) is 31.5 Å². The predicted molar refractivity (Wildman–Crippen MR) is 76.1 cm³/mol. The number of hydrogen-bond donors (Lipinski definition) is 2. The summed E-state index contributed by atoms with van der Waals surface area (Å²) in [5, 5.41) is 6.59. The molecule has 0 aliphatic carbocycles. The van der Waals surface area contributed by atoms with Crippen LogP contribution in [0.15, 0.2) is 18.7 Å². The van der Waals surface area contributed by atoms with Crippen LogP contribution in [0.2, 0.25) is 0 Å². The van der Waals surface area contributed by atoms with Gasteiger partial charge in [0.05, 0.1) is 6.54 Å². The van der Waals surface area contributed by atoms with Crippen LogP contribution >= 0.6 is 0 Å². The maximum Gasteiger partial charge on any atom is 0.134 e. The highest BCUT2D eigenvalue weighted by Crippen LogP contribution is 2.18. The molecular formula is C13H20N6. The first kappa shape index (κ1) is 13.3. The number of aromatic nitrogens is 4. The van der Waals surface area contributed by atoms with Crippen molar-refractivity contribution in [3.8, 4) is 0 Å². The topological polar surface area (TPSA) is 67.7 Å². The van der Waals surface area contributed by atoms with E-state index in [1.807, 2.05) is 24.7 Å². The SMILES string of the molecule is CCCNc1ncnc(NCc2nccn2C)c1C. The summed E-state index contributed by atoms with van der Waals surface area (Å²) in [5.74, 6) is 2.71. The summed E-state index contributed by atoms with van der Waals surface area (Å²) in [6.07, 6.45) is 6.36. The Morgan fingerprint density at radius 2 is 1.89 bits per heavy atom. The molecule has 6 nitrogen and oxygen atoms in total. The molecule has 19 heavy (non-hydrogen) atoms. The summed E-state index contributed by atoms with van der Waals surface area (Å²) in [5.41, 5.74) is 1.03. The number of aryl methyl sites for hydroxylation is 1. The Morgan fingerprint density at radius 1 is 1.16 bits per heavy atom. The van der Waals surface area contributed by atoms with Gasteiger partial charge in [-0.3, -0.25) is 0 Å². The first-order chi connectivity index (χ1) is 9.22. The Morgan fingerprint density at radius 3 is 2.53 bits per heavy atom. The highest BCUT2D eigenvalue weighted by molar-refractivity contribution is 5.56. The average molecular weight is 260 g/mol. The van der Waals surface area contributed by atoms with Gasteiger partial charge in [0.15, 0.2) is 0 Å². The number of rotatable bonds is 6. The monoisotopic (exact) mass is 260 g/mol. The Balaban J connectivity index is 2.06. The lowest BCUT2D eigenvalue weighted by Crippen LogP contribution is -2.10. The van der Waals surface area contributed by atoms with Crippen molar-refractivity contribution < 1.29 is 0 Å². The zero-order chi connectivity index (χ0) is 13.7. The van der Waals surface area contributed by atoms with Gasteiger partial charge in [-0.2, -0.15) is 0 Å². The van der Waals surface area contributed by atoms with Crippen molar-refractivity contribution >= 4 is 11.6 Å². The normalized spacial score (nSPS) is 10.5. The van der Waals surface area contributed by atoms with E-state index in [1.54, 1.807) is 12.5 Å². The predicted octanol–water partition coefficient (Wildman–Crippen LogP) is 1.95. The van der Waals surface area contributed by atoms with E-state index in [0.29, 0.717) is 6.54 Å². The van der Waals surface area contributed by atoms with Crippen LogP contribution < -0.4 is 10.6 Å². The summed E-state index contributed by atoms with van der Waals surface area (Å²) < 4.78 is 1.99. The van der Waals surface area contributed by atoms with Crippen LogP contribution in [0.1, 0.15) is 24.7 Å². The fraction of sp³-hybridized carbons (Fsp3) is 0.462. The lowest BCUT2D eigenvalue weighted by molar-refractivity contribution is 0.809. The molecule has 0 aromatic carbocycles. The highest BCUT2D eigenvalue weighted by Gasteiger charge is 2.07. The molecule has 0 aliphatic rings. The first-order valence-corrected chi connectivity index (χ1v) is 6.48. The average Bonchev–Trinajstić information content (AvgIpc) is 2.82. The zero-order valence-electron chi connectivity index (χ0n) is 11.6. The van der Waals surface area contributed by atoms with Gasteiger partial charge in [-0.1, -0.05) is 6.92 Å². The standard InChI is InChI=1S/C13H20N6/c1-4-5-15-12-10(2)13(18-9-17-12)16-8-11-14-6-7-19(11)3/h6-7,9H,4-5,8H2,1-3H3,(H2,15,16,17,18). The van der Waals surface area contributed by atoms with Gasteiger partial charge in [-0.25, -0.2) is 15.0 Å². The molecule has 2 heterocycles. The summed E-state index contributed by atoms with van der Waals surface area (Å²) in [7, 11) is 1.98. The molecule has 0 amide bonds. The van der Waals surface area contributed by atoms with Gasteiger partial charge in [-0.05, 0) is 13.3 Å². The fourth-order valence-electron chi connectivity index (χ4n) is 1.78. The van der Waals surface area contributed by atoms with Crippen LogP contribution in [0, 0.1) is 6.92 Å². The van der Waals surface area contributed by atoms with Crippen molar-refractivity contribution in [1.29, 1.82) is 0 Å². The maximum atomic E-state index is 4.28. The van der Waals surface area contributed by atoms with E-state index in [9.17, 15) is 0 Å². The summed E-state index contributed by atoms with van der Waals surface area (Å²) in [6.45, 7) is 5.70. The minimum atomic E-state index is 0.647. The molecule has 2 N–H and O–H groups in total. The Hall–Kier alpha value is -2.11. The van der Waals surface area contributed by atoms with Crippen molar-refractivity contribution in [2.75, 3.05) is 17.2 Å². The van der Waals surface area contributed by atoms with Crippen LogP contribution in [0.4, 0.5) is 11.6 Å². The van der Waals surface area contributed by atoms with E-state index in [1.165, 1.54) is 0 Å². The molecule has 2 rings (SSSR count). The molecule has 0 bridgehead atoms. The van der Waals surface area contributed by atoms with Crippen LogP contribution in [0.5, 0.6) is 0 Å². The number of hydrogen-bond acceptors (Lipinski definition) is 5. The molecule has 0 atom stereocenters. The van der Waals surface area contributed by atoms with Crippen LogP contribution in [-0.2, 0) is 13.6 Å². The molecular weight excluding hydrogens is 240 g/mol. The maximum absolute atomic E-state index is 4.28. The first-order valence-electron chi connectivity index (χ1n) is 6.48. The third-order valence-electron chi connectivity index (χ3n) is 2.96. The fourth-order valence-corrected chi connectivity index (χ4v) is 1.78. The van der Waals surface area contributed by atoms with E-state index < -0.39 is 0 Å². The van der Waals surface area contributed by atoms with Crippen LogP contribution in [0.25, 0.3) is 0 Å². The summed E-state index contributed by atoms with van der Waals surface area (Å²) in [6, 6.07) is 0. The second-order valence-electron chi connectivity index (χ2n) is 4.43. The minimum absolute atomic E-state index is 0.647.